The second kappa shape index (κ2) is 5.58. The summed E-state index contributed by atoms with van der Waals surface area (Å²) in [6.45, 7) is 2.08. The standard InChI is InChI=1S/C15H11BrClNO3/c1-8-3-2-4-9(14(8)16)15(19)18-11-6-13-12(5-10(11)17)20-7-21-13/h2-6H,7H2,1H3,(H,18,19). The molecule has 0 fully saturated rings. The lowest BCUT2D eigenvalue weighted by Crippen LogP contribution is -2.13. The van der Waals surface area contributed by atoms with Crippen LogP contribution in [0.25, 0.3) is 0 Å². The number of nitrogens with one attached hydrogen (secondary N) is 1. The van der Waals surface area contributed by atoms with Crippen LogP contribution in [0.1, 0.15) is 15.9 Å². The number of amides is 1. The van der Waals surface area contributed by atoms with Gasteiger partial charge in [-0.3, -0.25) is 4.79 Å². The summed E-state index contributed by atoms with van der Waals surface area (Å²) in [4.78, 5) is 12.4. The number of hydrogen-bond donors (Lipinski definition) is 1. The first-order chi connectivity index (χ1) is 10.1. The van der Waals surface area contributed by atoms with Crippen LogP contribution in [-0.2, 0) is 0 Å². The lowest BCUT2D eigenvalue weighted by molar-refractivity contribution is 0.102. The number of anilines is 1. The zero-order valence-electron chi connectivity index (χ0n) is 11.1. The summed E-state index contributed by atoms with van der Waals surface area (Å²) in [6, 6.07) is 8.79. The van der Waals surface area contributed by atoms with E-state index in [2.05, 4.69) is 21.2 Å². The van der Waals surface area contributed by atoms with E-state index in [4.69, 9.17) is 21.1 Å². The van der Waals surface area contributed by atoms with Crippen molar-refractivity contribution >= 4 is 39.1 Å². The van der Waals surface area contributed by atoms with E-state index in [1.165, 1.54) is 0 Å². The summed E-state index contributed by atoms with van der Waals surface area (Å²) < 4.78 is 11.3. The smallest absolute Gasteiger partial charge is 0.256 e. The molecule has 21 heavy (non-hydrogen) atoms. The highest BCUT2D eigenvalue weighted by Gasteiger charge is 2.19. The Labute approximate surface area is 135 Å². The third-order valence-corrected chi connectivity index (χ3v) is 4.51. The molecule has 3 rings (SSSR count). The van der Waals surface area contributed by atoms with Gasteiger partial charge in [0.1, 0.15) is 0 Å². The number of hydrogen-bond acceptors (Lipinski definition) is 3. The molecule has 1 aliphatic heterocycles. The third-order valence-electron chi connectivity index (χ3n) is 3.15. The van der Waals surface area contributed by atoms with E-state index in [-0.39, 0.29) is 12.7 Å². The van der Waals surface area contributed by atoms with Gasteiger partial charge in [-0.15, -0.1) is 0 Å². The Morgan fingerprint density at radius 2 is 2.00 bits per heavy atom. The molecule has 0 saturated heterocycles. The second-order valence-corrected chi connectivity index (χ2v) is 5.78. The summed E-state index contributed by atoms with van der Waals surface area (Å²) in [7, 11) is 0. The van der Waals surface area contributed by atoms with Crippen molar-refractivity contribution in [2.45, 2.75) is 6.92 Å². The number of ether oxygens (including phenoxy) is 2. The molecule has 2 aromatic carbocycles. The molecule has 0 bridgehead atoms. The van der Waals surface area contributed by atoms with Gasteiger partial charge in [-0.05, 0) is 34.5 Å². The van der Waals surface area contributed by atoms with Crippen LogP contribution in [0.5, 0.6) is 11.5 Å². The largest absolute Gasteiger partial charge is 0.454 e. The molecule has 0 spiro atoms. The van der Waals surface area contributed by atoms with Gasteiger partial charge in [-0.2, -0.15) is 0 Å². The molecule has 108 valence electrons. The van der Waals surface area contributed by atoms with Crippen molar-refractivity contribution in [3.63, 3.8) is 0 Å². The fourth-order valence-electron chi connectivity index (χ4n) is 2.03. The highest BCUT2D eigenvalue weighted by molar-refractivity contribution is 9.10. The van der Waals surface area contributed by atoms with Crippen LogP contribution in [0, 0.1) is 6.92 Å². The first kappa shape index (κ1) is 14.2. The highest BCUT2D eigenvalue weighted by Crippen LogP contribution is 2.39. The van der Waals surface area contributed by atoms with Gasteiger partial charge in [0.25, 0.3) is 5.91 Å². The molecule has 0 aliphatic carbocycles. The summed E-state index contributed by atoms with van der Waals surface area (Å²) in [5, 5.41) is 3.19. The van der Waals surface area contributed by atoms with Gasteiger partial charge >= 0.3 is 0 Å². The minimum absolute atomic E-state index is 0.159. The van der Waals surface area contributed by atoms with Crippen molar-refractivity contribution in [2.24, 2.45) is 0 Å². The molecule has 2 aromatic rings. The molecule has 1 amide bonds. The predicted octanol–water partition coefficient (Wildman–Crippen LogP) is 4.39. The Kier molecular flexibility index (Phi) is 3.78. The fraction of sp³-hybridized carbons (Fsp3) is 0.133. The van der Waals surface area contributed by atoms with Crippen molar-refractivity contribution in [3.8, 4) is 11.5 Å². The van der Waals surface area contributed by atoms with Crippen LogP contribution in [0.4, 0.5) is 5.69 Å². The van der Waals surface area contributed by atoms with Crippen LogP contribution in [0.2, 0.25) is 5.02 Å². The average molecular weight is 369 g/mol. The van der Waals surface area contributed by atoms with Crippen LogP contribution in [-0.4, -0.2) is 12.7 Å². The number of fused-ring (bicyclic) bond motifs is 1. The van der Waals surface area contributed by atoms with Crippen molar-refractivity contribution < 1.29 is 14.3 Å². The first-order valence-electron chi connectivity index (χ1n) is 6.22. The molecule has 1 N–H and O–H groups in total. The summed E-state index contributed by atoms with van der Waals surface area (Å²) in [6.07, 6.45) is 0. The maximum atomic E-state index is 12.4. The number of aryl methyl sites for hydroxylation is 1. The Morgan fingerprint density at radius 3 is 2.76 bits per heavy atom. The number of carbonyl (C=O) groups is 1. The molecule has 1 heterocycles. The molecule has 0 saturated carbocycles. The Hall–Kier alpha value is -1.72. The maximum Gasteiger partial charge on any atom is 0.256 e. The van der Waals surface area contributed by atoms with E-state index in [0.29, 0.717) is 27.8 Å². The monoisotopic (exact) mass is 367 g/mol. The fourth-order valence-corrected chi connectivity index (χ4v) is 2.67. The van der Waals surface area contributed by atoms with E-state index in [9.17, 15) is 4.79 Å². The minimum Gasteiger partial charge on any atom is -0.454 e. The topological polar surface area (TPSA) is 47.6 Å². The number of carbonyl (C=O) groups excluding carboxylic acids is 1. The van der Waals surface area contributed by atoms with Crippen molar-refractivity contribution in [2.75, 3.05) is 12.1 Å². The molecule has 0 radical (unpaired) electrons. The van der Waals surface area contributed by atoms with E-state index in [0.717, 1.165) is 10.0 Å². The Morgan fingerprint density at radius 1 is 1.29 bits per heavy atom. The molecule has 1 aliphatic rings. The quantitative estimate of drug-likeness (QED) is 0.855. The van der Waals surface area contributed by atoms with Crippen LogP contribution in [0.3, 0.4) is 0 Å². The van der Waals surface area contributed by atoms with E-state index in [1.807, 2.05) is 19.1 Å². The van der Waals surface area contributed by atoms with Crippen LogP contribution < -0.4 is 14.8 Å². The van der Waals surface area contributed by atoms with Crippen molar-refractivity contribution in [1.29, 1.82) is 0 Å². The maximum absolute atomic E-state index is 12.4. The number of halogens is 2. The molecule has 0 aromatic heterocycles. The third kappa shape index (κ3) is 2.71. The molecule has 4 nitrogen and oxygen atoms in total. The van der Waals surface area contributed by atoms with E-state index in [1.54, 1.807) is 18.2 Å². The van der Waals surface area contributed by atoms with Gasteiger partial charge in [0.05, 0.1) is 16.3 Å². The van der Waals surface area contributed by atoms with Gasteiger partial charge in [-0.1, -0.05) is 23.7 Å². The molecular formula is C15H11BrClNO3. The van der Waals surface area contributed by atoms with Crippen molar-refractivity contribution in [3.05, 3.63) is 51.0 Å². The predicted molar refractivity (Wildman–Crippen MR) is 84.4 cm³/mol. The van der Waals surface area contributed by atoms with E-state index < -0.39 is 0 Å². The molecule has 6 heteroatoms. The number of rotatable bonds is 2. The van der Waals surface area contributed by atoms with Crippen molar-refractivity contribution in [1.82, 2.24) is 0 Å². The van der Waals surface area contributed by atoms with Gasteiger partial charge < -0.3 is 14.8 Å². The summed E-state index contributed by atoms with van der Waals surface area (Å²) in [5.41, 5.74) is 2.02. The Bertz CT molecular complexity index is 733. The first-order valence-corrected chi connectivity index (χ1v) is 7.39. The van der Waals surface area contributed by atoms with Crippen LogP contribution >= 0.6 is 27.5 Å². The lowest BCUT2D eigenvalue weighted by Gasteiger charge is -2.10. The second-order valence-electron chi connectivity index (χ2n) is 4.58. The highest BCUT2D eigenvalue weighted by atomic mass is 79.9. The normalized spacial score (nSPS) is 12.3. The molecule has 0 unspecified atom stereocenters. The Balaban J connectivity index is 1.90. The summed E-state index contributed by atoms with van der Waals surface area (Å²) >= 11 is 9.57. The minimum atomic E-state index is -0.244. The average Bonchev–Trinajstić information content (AvgIpc) is 2.89. The molecular weight excluding hydrogens is 358 g/mol. The lowest BCUT2D eigenvalue weighted by atomic mass is 10.1. The van der Waals surface area contributed by atoms with Crippen LogP contribution in [0.15, 0.2) is 34.8 Å². The zero-order chi connectivity index (χ0) is 15.0. The summed E-state index contributed by atoms with van der Waals surface area (Å²) in [5.74, 6) is 0.902. The van der Waals surface area contributed by atoms with Gasteiger partial charge in [0.2, 0.25) is 6.79 Å². The zero-order valence-corrected chi connectivity index (χ0v) is 13.4. The molecule has 0 atom stereocenters. The SMILES string of the molecule is Cc1cccc(C(=O)Nc2cc3c(cc2Cl)OCO3)c1Br. The van der Waals surface area contributed by atoms with Gasteiger partial charge in [0.15, 0.2) is 11.5 Å². The number of benzene rings is 2. The van der Waals surface area contributed by atoms with Gasteiger partial charge in [0, 0.05) is 16.6 Å². The van der Waals surface area contributed by atoms with E-state index >= 15 is 0 Å². The van der Waals surface area contributed by atoms with Gasteiger partial charge in [-0.25, -0.2) is 0 Å².